The SMILES string of the molecule is CC(C)c1c(-c2cnn(Cc3ccc(-c4ccccc4)cc3)c2)[nH]c2c(C#N)cnn2c1=O. The van der Waals surface area contributed by atoms with Gasteiger partial charge in [-0.25, -0.2) is 0 Å². The van der Waals surface area contributed by atoms with E-state index in [1.807, 2.05) is 42.9 Å². The van der Waals surface area contributed by atoms with Crippen molar-refractivity contribution in [2.24, 2.45) is 0 Å². The fourth-order valence-electron chi connectivity index (χ4n) is 4.07. The highest BCUT2D eigenvalue weighted by molar-refractivity contribution is 5.67. The van der Waals surface area contributed by atoms with Crippen LogP contribution in [0.4, 0.5) is 0 Å². The van der Waals surface area contributed by atoms with E-state index in [0.29, 0.717) is 29.0 Å². The summed E-state index contributed by atoms with van der Waals surface area (Å²) < 4.78 is 3.11. The normalized spacial score (nSPS) is 11.2. The second-order valence-electron chi connectivity index (χ2n) is 8.29. The molecule has 5 rings (SSSR count). The molecule has 7 nitrogen and oxygen atoms in total. The Morgan fingerprint density at radius 2 is 1.70 bits per heavy atom. The minimum absolute atomic E-state index is 0.0308. The van der Waals surface area contributed by atoms with Crippen LogP contribution >= 0.6 is 0 Å². The molecule has 0 radical (unpaired) electrons. The molecule has 0 aliphatic rings. The Morgan fingerprint density at radius 1 is 0.970 bits per heavy atom. The number of hydrogen-bond acceptors (Lipinski definition) is 4. The van der Waals surface area contributed by atoms with Crippen molar-refractivity contribution in [1.82, 2.24) is 24.4 Å². The molecule has 5 aromatic rings. The Kier molecular flexibility index (Phi) is 5.11. The van der Waals surface area contributed by atoms with E-state index in [-0.39, 0.29) is 11.5 Å². The number of nitrogens with zero attached hydrogens (tertiary/aromatic N) is 5. The zero-order valence-electron chi connectivity index (χ0n) is 18.4. The first-order chi connectivity index (χ1) is 16.0. The molecule has 0 atom stereocenters. The van der Waals surface area contributed by atoms with Crippen LogP contribution in [0.15, 0.2) is 78.0 Å². The molecule has 0 fully saturated rings. The molecule has 0 aliphatic carbocycles. The highest BCUT2D eigenvalue weighted by Crippen LogP contribution is 2.26. The first-order valence-electron chi connectivity index (χ1n) is 10.8. The van der Waals surface area contributed by atoms with Crippen LogP contribution in [0.2, 0.25) is 0 Å². The first kappa shape index (κ1) is 20.5. The van der Waals surface area contributed by atoms with Crippen molar-refractivity contribution < 1.29 is 0 Å². The van der Waals surface area contributed by atoms with Crippen molar-refractivity contribution in [3.05, 3.63) is 100 Å². The lowest BCUT2D eigenvalue weighted by atomic mass is 10.00. The maximum Gasteiger partial charge on any atom is 0.278 e. The summed E-state index contributed by atoms with van der Waals surface area (Å²) in [4.78, 5) is 16.3. The van der Waals surface area contributed by atoms with E-state index in [9.17, 15) is 10.1 Å². The lowest BCUT2D eigenvalue weighted by molar-refractivity contribution is 0.687. The van der Waals surface area contributed by atoms with E-state index in [2.05, 4.69) is 57.6 Å². The molecule has 162 valence electrons. The van der Waals surface area contributed by atoms with Crippen molar-refractivity contribution in [2.45, 2.75) is 26.3 Å². The molecule has 0 bridgehead atoms. The Hall–Kier alpha value is -4.44. The van der Waals surface area contributed by atoms with Gasteiger partial charge >= 0.3 is 0 Å². The first-order valence-corrected chi connectivity index (χ1v) is 10.8. The Balaban J connectivity index is 1.48. The topological polar surface area (TPSA) is 91.8 Å². The van der Waals surface area contributed by atoms with Crippen molar-refractivity contribution in [2.75, 3.05) is 0 Å². The minimum Gasteiger partial charge on any atom is -0.338 e. The van der Waals surface area contributed by atoms with Crippen LogP contribution < -0.4 is 5.56 Å². The van der Waals surface area contributed by atoms with Gasteiger partial charge in [0, 0.05) is 17.3 Å². The van der Waals surface area contributed by atoms with Gasteiger partial charge in [0.2, 0.25) is 0 Å². The molecule has 3 heterocycles. The van der Waals surface area contributed by atoms with Crippen LogP contribution in [-0.2, 0) is 6.54 Å². The van der Waals surface area contributed by atoms with E-state index in [1.54, 1.807) is 6.20 Å². The van der Waals surface area contributed by atoms with Gasteiger partial charge in [-0.3, -0.25) is 9.48 Å². The number of hydrogen-bond donors (Lipinski definition) is 1. The predicted molar refractivity (Wildman–Crippen MR) is 127 cm³/mol. The quantitative estimate of drug-likeness (QED) is 0.438. The highest BCUT2D eigenvalue weighted by Gasteiger charge is 2.20. The molecule has 33 heavy (non-hydrogen) atoms. The number of aromatic amines is 1. The van der Waals surface area contributed by atoms with Gasteiger partial charge in [-0.05, 0) is 22.6 Å². The van der Waals surface area contributed by atoms with Crippen molar-refractivity contribution in [1.29, 1.82) is 5.26 Å². The maximum absolute atomic E-state index is 13.1. The van der Waals surface area contributed by atoms with E-state index in [4.69, 9.17) is 0 Å². The lowest BCUT2D eigenvalue weighted by Gasteiger charge is -2.11. The van der Waals surface area contributed by atoms with Crippen molar-refractivity contribution in [3.63, 3.8) is 0 Å². The molecule has 0 spiro atoms. The number of nitrogens with one attached hydrogen (secondary N) is 1. The van der Waals surface area contributed by atoms with Crippen LogP contribution in [0.5, 0.6) is 0 Å². The molecular weight excluding hydrogens is 412 g/mol. The summed E-state index contributed by atoms with van der Waals surface area (Å²) in [6, 6.07) is 20.8. The number of rotatable bonds is 5. The molecule has 7 heteroatoms. The van der Waals surface area contributed by atoms with Gasteiger partial charge in [0.25, 0.3) is 5.56 Å². The average Bonchev–Trinajstić information content (AvgIpc) is 3.47. The summed E-state index contributed by atoms with van der Waals surface area (Å²) in [5.74, 6) is -0.0308. The molecule has 0 saturated carbocycles. The van der Waals surface area contributed by atoms with Crippen molar-refractivity contribution >= 4 is 5.65 Å². The summed E-state index contributed by atoms with van der Waals surface area (Å²) in [6.45, 7) is 4.54. The van der Waals surface area contributed by atoms with Gasteiger partial charge in [-0.2, -0.15) is 20.0 Å². The van der Waals surface area contributed by atoms with E-state index < -0.39 is 0 Å². The molecule has 0 amide bonds. The van der Waals surface area contributed by atoms with Gasteiger partial charge in [-0.15, -0.1) is 0 Å². The fourth-order valence-corrected chi connectivity index (χ4v) is 4.07. The molecule has 0 saturated heterocycles. The maximum atomic E-state index is 13.1. The number of H-pyrrole nitrogens is 1. The summed E-state index contributed by atoms with van der Waals surface area (Å²) in [5.41, 5.74) is 6.06. The molecular formula is C26H22N6O. The number of nitriles is 1. The number of aromatic nitrogens is 5. The van der Waals surface area contributed by atoms with Crippen LogP contribution in [0.25, 0.3) is 28.0 Å². The van der Waals surface area contributed by atoms with Crippen LogP contribution in [-0.4, -0.2) is 24.4 Å². The van der Waals surface area contributed by atoms with Crippen LogP contribution in [0, 0.1) is 11.3 Å². The van der Waals surface area contributed by atoms with E-state index >= 15 is 0 Å². The summed E-state index contributed by atoms with van der Waals surface area (Å²) in [6.07, 6.45) is 5.07. The second-order valence-corrected chi connectivity index (χ2v) is 8.29. The number of fused-ring (bicyclic) bond motifs is 1. The van der Waals surface area contributed by atoms with Gasteiger partial charge in [0.15, 0.2) is 5.65 Å². The third-order valence-corrected chi connectivity index (χ3v) is 5.73. The molecule has 0 aliphatic heterocycles. The van der Waals surface area contributed by atoms with Gasteiger partial charge in [-0.1, -0.05) is 68.4 Å². The molecule has 1 N–H and O–H groups in total. The second kappa shape index (κ2) is 8.24. The van der Waals surface area contributed by atoms with Gasteiger partial charge in [0.05, 0.1) is 24.6 Å². The highest BCUT2D eigenvalue weighted by atomic mass is 16.1. The largest absolute Gasteiger partial charge is 0.338 e. The fraction of sp³-hybridized carbons (Fsp3) is 0.154. The van der Waals surface area contributed by atoms with E-state index in [0.717, 1.165) is 11.1 Å². The zero-order valence-corrected chi connectivity index (χ0v) is 18.4. The zero-order chi connectivity index (χ0) is 22.9. The minimum atomic E-state index is -0.223. The van der Waals surface area contributed by atoms with Gasteiger partial charge < -0.3 is 4.98 Å². The van der Waals surface area contributed by atoms with Crippen LogP contribution in [0.1, 0.15) is 36.5 Å². The lowest BCUT2D eigenvalue weighted by Crippen LogP contribution is -2.22. The summed E-state index contributed by atoms with van der Waals surface area (Å²) >= 11 is 0. The molecule has 0 unspecified atom stereocenters. The molecule has 3 aromatic heterocycles. The monoisotopic (exact) mass is 434 g/mol. The van der Waals surface area contributed by atoms with Crippen LogP contribution in [0.3, 0.4) is 0 Å². The number of benzene rings is 2. The van der Waals surface area contributed by atoms with Crippen molar-refractivity contribution in [3.8, 4) is 28.5 Å². The predicted octanol–water partition coefficient (Wildman–Crippen LogP) is 4.60. The molecule has 2 aromatic carbocycles. The summed E-state index contributed by atoms with van der Waals surface area (Å²) in [7, 11) is 0. The Bertz CT molecular complexity index is 1530. The smallest absolute Gasteiger partial charge is 0.278 e. The third kappa shape index (κ3) is 3.72. The Labute approximate surface area is 190 Å². The standard InChI is InChI=1S/C26H22N6O/c1-17(2)23-24(30-25-21(12-27)13-29-32(25)26(23)33)22-14-28-31(16-22)15-18-8-10-20(11-9-18)19-6-4-3-5-7-19/h3-11,13-14,16-17,30H,15H2,1-2H3. The van der Waals surface area contributed by atoms with Gasteiger partial charge in [0.1, 0.15) is 11.6 Å². The third-order valence-electron chi connectivity index (χ3n) is 5.73. The Morgan fingerprint density at radius 3 is 2.39 bits per heavy atom. The average molecular weight is 435 g/mol. The summed E-state index contributed by atoms with van der Waals surface area (Å²) in [5, 5.41) is 18.0. The van der Waals surface area contributed by atoms with E-state index in [1.165, 1.54) is 21.8 Å².